The Morgan fingerprint density at radius 3 is 2.95 bits per heavy atom. The molecular formula is C16H16N2OS. The van der Waals surface area contributed by atoms with Crippen LogP contribution in [-0.2, 0) is 6.42 Å². The van der Waals surface area contributed by atoms with Gasteiger partial charge in [-0.15, -0.1) is 11.3 Å². The largest absolute Gasteiger partial charge is 0.322 e. The summed E-state index contributed by atoms with van der Waals surface area (Å²) in [5.74, 6) is 5.60. The van der Waals surface area contributed by atoms with Gasteiger partial charge in [-0.3, -0.25) is 4.79 Å². The van der Waals surface area contributed by atoms with Crippen LogP contribution in [0.25, 0.3) is 0 Å². The number of amides is 1. The lowest BCUT2D eigenvalue weighted by atomic mass is 10.1. The topological polar surface area (TPSA) is 55.1 Å². The number of hydrogen-bond acceptors (Lipinski definition) is 3. The van der Waals surface area contributed by atoms with Gasteiger partial charge in [0.05, 0.1) is 17.0 Å². The highest BCUT2D eigenvalue weighted by Gasteiger charge is 2.10. The first-order chi connectivity index (χ1) is 9.74. The number of hydrogen-bond donors (Lipinski definition) is 2. The van der Waals surface area contributed by atoms with Gasteiger partial charge in [0.15, 0.2) is 0 Å². The first-order valence-electron chi connectivity index (χ1n) is 6.41. The molecule has 0 aliphatic rings. The van der Waals surface area contributed by atoms with Gasteiger partial charge in [0.1, 0.15) is 0 Å². The summed E-state index contributed by atoms with van der Waals surface area (Å²) >= 11 is 1.45. The van der Waals surface area contributed by atoms with Gasteiger partial charge >= 0.3 is 0 Å². The van der Waals surface area contributed by atoms with Crippen LogP contribution < -0.4 is 11.1 Å². The second kappa shape index (κ2) is 6.90. The van der Waals surface area contributed by atoms with Crippen LogP contribution in [0.15, 0.2) is 35.7 Å². The molecule has 20 heavy (non-hydrogen) atoms. The summed E-state index contributed by atoms with van der Waals surface area (Å²) in [4.78, 5) is 13.0. The molecule has 0 fully saturated rings. The van der Waals surface area contributed by atoms with Crippen molar-refractivity contribution in [3.05, 3.63) is 51.7 Å². The zero-order valence-electron chi connectivity index (χ0n) is 11.3. The van der Waals surface area contributed by atoms with Crippen LogP contribution >= 0.6 is 11.3 Å². The Morgan fingerprint density at radius 1 is 1.40 bits per heavy atom. The standard InChI is InChI=1S/C16H16N2OS/c1-2-12-6-3-4-8-15(12)18-16(19)13-10-14(20-11-13)7-5-9-17/h3-4,6,8,10-11H,2,9,17H2,1H3,(H,18,19). The Labute approximate surface area is 122 Å². The van der Waals surface area contributed by atoms with E-state index in [1.165, 1.54) is 11.3 Å². The third-order valence-corrected chi connectivity index (χ3v) is 3.67. The minimum atomic E-state index is -0.108. The molecule has 0 atom stereocenters. The molecule has 0 saturated carbocycles. The third-order valence-electron chi connectivity index (χ3n) is 2.82. The fourth-order valence-electron chi connectivity index (χ4n) is 1.80. The van der Waals surface area contributed by atoms with Crippen molar-refractivity contribution >= 4 is 22.9 Å². The van der Waals surface area contributed by atoms with Gasteiger partial charge in [-0.05, 0) is 24.1 Å². The van der Waals surface area contributed by atoms with Crippen molar-refractivity contribution in [1.82, 2.24) is 0 Å². The van der Waals surface area contributed by atoms with E-state index in [2.05, 4.69) is 24.1 Å². The normalized spacial score (nSPS) is 9.70. The number of thiophene rings is 1. The van der Waals surface area contributed by atoms with Crippen molar-refractivity contribution in [2.75, 3.05) is 11.9 Å². The number of benzene rings is 1. The minimum absolute atomic E-state index is 0.108. The highest BCUT2D eigenvalue weighted by atomic mass is 32.1. The lowest BCUT2D eigenvalue weighted by molar-refractivity contribution is 0.102. The van der Waals surface area contributed by atoms with E-state index >= 15 is 0 Å². The van der Waals surface area contributed by atoms with Crippen LogP contribution in [0.3, 0.4) is 0 Å². The average Bonchev–Trinajstić information content (AvgIpc) is 2.94. The lowest BCUT2D eigenvalue weighted by Gasteiger charge is -2.08. The van der Waals surface area contributed by atoms with Gasteiger partial charge in [0.25, 0.3) is 5.91 Å². The van der Waals surface area contributed by atoms with E-state index in [-0.39, 0.29) is 5.91 Å². The summed E-state index contributed by atoms with van der Waals surface area (Å²) in [6.07, 6.45) is 0.882. The van der Waals surface area contributed by atoms with Gasteiger partial charge in [-0.2, -0.15) is 0 Å². The number of aryl methyl sites for hydroxylation is 1. The van der Waals surface area contributed by atoms with E-state index in [0.29, 0.717) is 12.1 Å². The fraction of sp³-hybridized carbons (Fsp3) is 0.188. The van der Waals surface area contributed by atoms with E-state index in [9.17, 15) is 4.79 Å². The van der Waals surface area contributed by atoms with E-state index in [1.807, 2.05) is 29.6 Å². The summed E-state index contributed by atoms with van der Waals surface area (Å²) in [7, 11) is 0. The van der Waals surface area contributed by atoms with Gasteiger partial charge in [0, 0.05) is 11.1 Å². The Bertz CT molecular complexity index is 664. The molecule has 4 heteroatoms. The molecule has 1 aromatic carbocycles. The van der Waals surface area contributed by atoms with Gasteiger partial charge in [-0.25, -0.2) is 0 Å². The van der Waals surface area contributed by atoms with Crippen molar-refractivity contribution in [2.24, 2.45) is 5.73 Å². The molecule has 0 aliphatic carbocycles. The van der Waals surface area contributed by atoms with Gasteiger partial charge in [0.2, 0.25) is 0 Å². The number of carbonyl (C=O) groups is 1. The molecule has 1 amide bonds. The molecule has 102 valence electrons. The van der Waals surface area contributed by atoms with Crippen molar-refractivity contribution in [3.8, 4) is 11.8 Å². The fourth-order valence-corrected chi connectivity index (χ4v) is 2.56. The van der Waals surface area contributed by atoms with E-state index in [1.54, 1.807) is 6.07 Å². The predicted molar refractivity (Wildman–Crippen MR) is 84.0 cm³/mol. The molecule has 3 nitrogen and oxygen atoms in total. The molecule has 2 rings (SSSR count). The summed E-state index contributed by atoms with van der Waals surface area (Å²) in [5, 5.41) is 4.75. The van der Waals surface area contributed by atoms with Crippen molar-refractivity contribution in [3.63, 3.8) is 0 Å². The lowest BCUT2D eigenvalue weighted by Crippen LogP contribution is -2.12. The first kappa shape index (κ1) is 14.3. The first-order valence-corrected chi connectivity index (χ1v) is 7.29. The number of rotatable bonds is 3. The third kappa shape index (κ3) is 3.47. The SMILES string of the molecule is CCc1ccccc1NC(=O)c1csc(C#CCN)c1. The molecule has 0 bridgehead atoms. The summed E-state index contributed by atoms with van der Waals surface area (Å²) in [6.45, 7) is 2.39. The van der Waals surface area contributed by atoms with Gasteiger partial charge < -0.3 is 11.1 Å². The quantitative estimate of drug-likeness (QED) is 0.852. The monoisotopic (exact) mass is 284 g/mol. The molecule has 0 spiro atoms. The van der Waals surface area contributed by atoms with E-state index < -0.39 is 0 Å². The predicted octanol–water partition coefficient (Wildman–Crippen LogP) is 2.87. The second-order valence-corrected chi connectivity index (χ2v) is 5.08. The van der Waals surface area contributed by atoms with Crippen molar-refractivity contribution in [1.29, 1.82) is 0 Å². The van der Waals surface area contributed by atoms with Crippen LogP contribution in [0.5, 0.6) is 0 Å². The zero-order chi connectivity index (χ0) is 14.4. The zero-order valence-corrected chi connectivity index (χ0v) is 12.1. The number of anilines is 1. The van der Waals surface area contributed by atoms with Gasteiger partial charge in [-0.1, -0.05) is 37.0 Å². The smallest absolute Gasteiger partial charge is 0.256 e. The summed E-state index contributed by atoms with van der Waals surface area (Å²) in [6, 6.07) is 9.61. The molecule has 0 aliphatic heterocycles. The Hall–Kier alpha value is -2.09. The Balaban J connectivity index is 2.14. The Morgan fingerprint density at radius 2 is 2.20 bits per heavy atom. The van der Waals surface area contributed by atoms with Crippen molar-refractivity contribution in [2.45, 2.75) is 13.3 Å². The molecule has 1 aromatic heterocycles. The summed E-state index contributed by atoms with van der Waals surface area (Å²) in [5.41, 5.74) is 7.94. The highest BCUT2D eigenvalue weighted by molar-refractivity contribution is 7.10. The molecule has 3 N–H and O–H groups in total. The molecule has 0 saturated heterocycles. The van der Waals surface area contributed by atoms with Crippen LogP contribution in [0.2, 0.25) is 0 Å². The van der Waals surface area contributed by atoms with E-state index in [0.717, 1.165) is 22.5 Å². The van der Waals surface area contributed by atoms with Crippen LogP contribution in [0.4, 0.5) is 5.69 Å². The number of nitrogens with two attached hydrogens (primary N) is 1. The van der Waals surface area contributed by atoms with Crippen molar-refractivity contribution < 1.29 is 4.79 Å². The number of nitrogens with one attached hydrogen (secondary N) is 1. The van der Waals surface area contributed by atoms with E-state index in [4.69, 9.17) is 5.73 Å². The molecule has 1 heterocycles. The highest BCUT2D eigenvalue weighted by Crippen LogP contribution is 2.19. The maximum Gasteiger partial charge on any atom is 0.256 e. The second-order valence-electron chi connectivity index (χ2n) is 4.17. The maximum absolute atomic E-state index is 12.2. The average molecular weight is 284 g/mol. The van der Waals surface area contributed by atoms with Crippen LogP contribution in [-0.4, -0.2) is 12.5 Å². The van der Waals surface area contributed by atoms with Crippen LogP contribution in [0.1, 0.15) is 27.7 Å². The number of carbonyl (C=O) groups excluding carboxylic acids is 1. The molecule has 2 aromatic rings. The number of para-hydroxylation sites is 1. The molecule has 0 radical (unpaired) electrons. The molecular weight excluding hydrogens is 268 g/mol. The molecule has 0 unspecified atom stereocenters. The minimum Gasteiger partial charge on any atom is -0.322 e. The summed E-state index contributed by atoms with van der Waals surface area (Å²) < 4.78 is 0. The van der Waals surface area contributed by atoms with Crippen LogP contribution in [0, 0.1) is 11.8 Å². The maximum atomic E-state index is 12.2. The Kier molecular flexibility index (Phi) is 4.94.